The van der Waals surface area contributed by atoms with Gasteiger partial charge in [-0.25, -0.2) is 13.1 Å². The molecule has 31 heavy (non-hydrogen) atoms. The van der Waals surface area contributed by atoms with Gasteiger partial charge in [-0.3, -0.25) is 9.59 Å². The van der Waals surface area contributed by atoms with Crippen LogP contribution in [-0.4, -0.2) is 20.2 Å². The molecule has 158 valence electrons. The smallest absolute Gasteiger partial charge is 0.308 e. The zero-order valence-corrected chi connectivity index (χ0v) is 17.6. The molecular weight excluding hydrogens is 418 g/mol. The second kappa shape index (κ2) is 7.55. The molecule has 3 aromatic rings. The number of esters is 1. The molecular formula is C23H19NO6S. The molecule has 1 aliphatic heterocycles. The molecule has 3 aromatic carbocycles. The third kappa shape index (κ3) is 3.77. The largest absolute Gasteiger partial charge is 0.456 e. The van der Waals surface area contributed by atoms with Crippen LogP contribution in [0, 0.1) is 0 Å². The fourth-order valence-electron chi connectivity index (χ4n) is 3.38. The normalized spacial score (nSPS) is 18.7. The topological polar surface area (TPSA) is 98.8 Å². The molecule has 0 amide bonds. The molecule has 1 heterocycles. The van der Waals surface area contributed by atoms with Gasteiger partial charge >= 0.3 is 5.97 Å². The van der Waals surface area contributed by atoms with Gasteiger partial charge in [0.1, 0.15) is 0 Å². The lowest BCUT2D eigenvalue weighted by molar-refractivity contribution is -0.142. The molecule has 0 saturated carbocycles. The summed E-state index contributed by atoms with van der Waals surface area (Å²) in [7, 11) is -4.08. The third-order valence-electron chi connectivity index (χ3n) is 4.98. The maximum absolute atomic E-state index is 13.2. The van der Waals surface area contributed by atoms with Crippen LogP contribution in [0.4, 0.5) is 0 Å². The van der Waals surface area contributed by atoms with E-state index < -0.39 is 39.0 Å². The minimum Gasteiger partial charge on any atom is -0.456 e. The molecule has 1 N–H and O–H groups in total. The van der Waals surface area contributed by atoms with Gasteiger partial charge in [0.05, 0.1) is 4.90 Å². The van der Waals surface area contributed by atoms with E-state index in [9.17, 15) is 18.0 Å². The van der Waals surface area contributed by atoms with Gasteiger partial charge in [0, 0.05) is 12.5 Å². The van der Waals surface area contributed by atoms with Gasteiger partial charge in [-0.15, -0.1) is 0 Å². The number of Topliss-reactive ketones (excluding diaryl/α,β-unsaturated/α-hetero) is 1. The number of hydrogen-bond donors (Lipinski definition) is 1. The molecule has 1 aliphatic rings. The van der Waals surface area contributed by atoms with Gasteiger partial charge in [0.2, 0.25) is 5.76 Å². The van der Waals surface area contributed by atoms with Crippen LogP contribution in [0.15, 0.2) is 89.3 Å². The second-order valence-electron chi connectivity index (χ2n) is 7.20. The summed E-state index contributed by atoms with van der Waals surface area (Å²) in [4.78, 5) is 24.8. The van der Waals surface area contributed by atoms with E-state index in [1.54, 1.807) is 30.3 Å². The number of ketones is 1. The van der Waals surface area contributed by atoms with E-state index in [1.165, 1.54) is 19.1 Å². The van der Waals surface area contributed by atoms with Crippen molar-refractivity contribution in [2.75, 3.05) is 0 Å². The van der Waals surface area contributed by atoms with Crippen LogP contribution in [0.1, 0.15) is 19.4 Å². The number of carbonyl (C=O) groups excluding carboxylic acids is 2. The van der Waals surface area contributed by atoms with Crippen LogP contribution in [0.2, 0.25) is 0 Å². The van der Waals surface area contributed by atoms with Crippen LogP contribution < -0.4 is 4.72 Å². The van der Waals surface area contributed by atoms with Crippen molar-refractivity contribution in [1.82, 2.24) is 4.72 Å². The first-order valence-electron chi connectivity index (χ1n) is 9.44. The molecule has 4 rings (SSSR count). The van der Waals surface area contributed by atoms with Crippen molar-refractivity contribution in [1.29, 1.82) is 0 Å². The molecule has 0 spiro atoms. The molecule has 0 aromatic heterocycles. The molecule has 1 atom stereocenters. The quantitative estimate of drug-likeness (QED) is 0.615. The lowest BCUT2D eigenvalue weighted by Gasteiger charge is -2.24. The minimum atomic E-state index is -4.08. The number of fused-ring (bicyclic) bond motifs is 1. The van der Waals surface area contributed by atoms with E-state index in [0.717, 1.165) is 17.7 Å². The number of nitrogens with one attached hydrogen (secondary N) is 1. The van der Waals surface area contributed by atoms with Crippen LogP contribution in [0.3, 0.4) is 0 Å². The Labute approximate surface area is 179 Å². The number of sulfonamides is 1. The minimum absolute atomic E-state index is 0.0277. The summed E-state index contributed by atoms with van der Waals surface area (Å²) >= 11 is 0. The van der Waals surface area contributed by atoms with Gasteiger partial charge < -0.3 is 9.47 Å². The van der Waals surface area contributed by atoms with E-state index >= 15 is 0 Å². The molecule has 0 bridgehead atoms. The highest BCUT2D eigenvalue weighted by Crippen LogP contribution is 2.39. The molecule has 7 nitrogen and oxygen atoms in total. The van der Waals surface area contributed by atoms with Crippen LogP contribution >= 0.6 is 0 Å². The van der Waals surface area contributed by atoms with Crippen LogP contribution in [0.5, 0.6) is 0 Å². The van der Waals surface area contributed by atoms with Crippen molar-refractivity contribution in [2.45, 2.75) is 24.3 Å². The van der Waals surface area contributed by atoms with E-state index in [2.05, 4.69) is 4.72 Å². The Hall–Kier alpha value is -3.65. The van der Waals surface area contributed by atoms with Crippen LogP contribution in [-0.2, 0) is 34.7 Å². The summed E-state index contributed by atoms with van der Waals surface area (Å²) in [5.41, 5.74) is -1.08. The van der Waals surface area contributed by atoms with E-state index in [-0.39, 0.29) is 4.90 Å². The Morgan fingerprint density at radius 2 is 1.61 bits per heavy atom. The van der Waals surface area contributed by atoms with Gasteiger partial charge in [-0.05, 0) is 35.9 Å². The zero-order valence-electron chi connectivity index (χ0n) is 16.8. The summed E-state index contributed by atoms with van der Waals surface area (Å²) in [6.45, 7) is 2.63. The number of hydrogen-bond acceptors (Lipinski definition) is 6. The third-order valence-corrected chi connectivity index (χ3v) is 6.33. The van der Waals surface area contributed by atoms with Crippen molar-refractivity contribution in [2.24, 2.45) is 0 Å². The van der Waals surface area contributed by atoms with Gasteiger partial charge in [0.25, 0.3) is 21.7 Å². The van der Waals surface area contributed by atoms with E-state index in [4.69, 9.17) is 9.47 Å². The summed E-state index contributed by atoms with van der Waals surface area (Å²) in [5.74, 6) is -2.35. The molecule has 0 radical (unpaired) electrons. The number of rotatable bonds is 5. The van der Waals surface area contributed by atoms with E-state index in [0.29, 0.717) is 5.56 Å². The molecule has 0 aliphatic carbocycles. The second-order valence-corrected chi connectivity index (χ2v) is 8.88. The fourth-order valence-corrected chi connectivity index (χ4v) is 4.39. The Kier molecular flexibility index (Phi) is 5.02. The van der Waals surface area contributed by atoms with Crippen molar-refractivity contribution in [3.05, 3.63) is 90.0 Å². The molecule has 0 saturated heterocycles. The van der Waals surface area contributed by atoms with Gasteiger partial charge in [0.15, 0.2) is 5.60 Å². The Balaban J connectivity index is 1.75. The number of carbonyl (C=O) groups is 2. The van der Waals surface area contributed by atoms with Crippen LogP contribution in [0.25, 0.3) is 10.8 Å². The lowest BCUT2D eigenvalue weighted by atomic mass is 9.90. The summed E-state index contributed by atoms with van der Waals surface area (Å²) < 4.78 is 38.7. The van der Waals surface area contributed by atoms with Crippen molar-refractivity contribution < 1.29 is 27.5 Å². The monoisotopic (exact) mass is 437 g/mol. The highest BCUT2D eigenvalue weighted by atomic mass is 32.2. The summed E-state index contributed by atoms with van der Waals surface area (Å²) in [6.07, 6.45) is 0. The van der Waals surface area contributed by atoms with Crippen molar-refractivity contribution in [3.8, 4) is 0 Å². The average Bonchev–Trinajstić information content (AvgIpc) is 2.98. The predicted molar refractivity (Wildman–Crippen MR) is 113 cm³/mol. The predicted octanol–water partition coefficient (Wildman–Crippen LogP) is 3.37. The summed E-state index contributed by atoms with van der Waals surface area (Å²) in [5, 5.41) is 1.85. The van der Waals surface area contributed by atoms with E-state index in [1.807, 2.05) is 30.3 Å². The number of ether oxygens (including phenoxy) is 2. The Bertz CT molecular complexity index is 1330. The fraction of sp³-hybridized carbons (Fsp3) is 0.130. The van der Waals surface area contributed by atoms with Gasteiger partial charge in [-0.1, -0.05) is 54.6 Å². The first-order chi connectivity index (χ1) is 14.7. The SMILES string of the molecule is CC(=O)OC1=C(NS(=O)(=O)c2ccccc2)OC(C)(c2ccc3ccccc3c2)C1=O. The lowest BCUT2D eigenvalue weighted by Crippen LogP contribution is -2.32. The maximum Gasteiger partial charge on any atom is 0.308 e. The molecule has 0 fully saturated rings. The summed E-state index contributed by atoms with van der Waals surface area (Å²) in [6, 6.07) is 20.5. The highest BCUT2D eigenvalue weighted by Gasteiger charge is 2.50. The van der Waals surface area contributed by atoms with Crippen molar-refractivity contribution >= 4 is 32.5 Å². The first-order valence-corrected chi connectivity index (χ1v) is 10.9. The zero-order chi connectivity index (χ0) is 22.2. The molecule has 8 heteroatoms. The number of benzene rings is 3. The van der Waals surface area contributed by atoms with Gasteiger partial charge in [-0.2, -0.15) is 0 Å². The Morgan fingerprint density at radius 1 is 0.968 bits per heavy atom. The first kappa shape index (κ1) is 20.6. The van der Waals surface area contributed by atoms with Crippen molar-refractivity contribution in [3.63, 3.8) is 0 Å². The maximum atomic E-state index is 13.2. The standard InChI is InChI=1S/C23H19NO6S/c1-15(25)29-20-21(26)23(2,18-13-12-16-8-6-7-9-17(16)14-18)30-22(20)24-31(27,28)19-10-4-3-5-11-19/h3-14,24H,1-2H3. The Morgan fingerprint density at radius 3 is 2.29 bits per heavy atom. The average molecular weight is 437 g/mol. The highest BCUT2D eigenvalue weighted by molar-refractivity contribution is 7.89. The molecule has 1 unspecified atom stereocenters.